The molecule has 0 amide bonds. The molecule has 21 heteroatoms. The van der Waals surface area contributed by atoms with Crippen molar-refractivity contribution in [2.24, 2.45) is 52.2 Å². The number of nitrogens with two attached hydrogens (primary N) is 1. The smallest absolute Gasteiger partial charge is 0.317 e. The summed E-state index contributed by atoms with van der Waals surface area (Å²) in [6.45, 7) is 16.3. The van der Waals surface area contributed by atoms with E-state index in [0.29, 0.717) is 18.0 Å². The first-order valence-electron chi connectivity index (χ1n) is 28.4. The lowest BCUT2D eigenvalue weighted by molar-refractivity contribution is -0.332. The first-order valence-corrected chi connectivity index (χ1v) is 28.4. The zero-order valence-electron chi connectivity index (χ0n) is 48.5. The molecule has 21 unspecified atom stereocenters. The van der Waals surface area contributed by atoms with Crippen LogP contribution in [0.15, 0.2) is 52.6 Å². The molecule has 0 aliphatic carbocycles. The Morgan fingerprint density at radius 1 is 0.835 bits per heavy atom. The lowest BCUT2D eigenvalue weighted by Crippen LogP contribution is -2.59. The van der Waals surface area contributed by atoms with Gasteiger partial charge in [0.2, 0.25) is 0 Å². The summed E-state index contributed by atoms with van der Waals surface area (Å²) in [5, 5.41) is 136. The highest BCUT2D eigenvalue weighted by molar-refractivity contribution is 5.90. The third-order valence-corrected chi connectivity index (χ3v) is 15.9. The number of cyclic esters (lactones) is 1. The topological polar surface area (TPSA) is 372 Å². The van der Waals surface area contributed by atoms with E-state index in [1.165, 1.54) is 6.08 Å². The Hall–Kier alpha value is -3.84. The number of aliphatic imine (C=N–C) groups is 1. The number of carboxylic acid groups (broad SMARTS) is 1. The number of esters is 2. The molecule has 21 atom stereocenters. The lowest BCUT2D eigenvalue weighted by atomic mass is 9.81. The minimum Gasteiger partial charge on any atom is -0.481 e. The molecule has 0 saturated carbocycles. The second kappa shape index (κ2) is 35.2. The van der Waals surface area contributed by atoms with Gasteiger partial charge in [-0.05, 0) is 83.6 Å². The summed E-state index contributed by atoms with van der Waals surface area (Å²) in [5.41, 5.74) is 7.28. The number of ether oxygens (including phenoxy) is 3. The molecule has 0 aromatic carbocycles. The van der Waals surface area contributed by atoms with Gasteiger partial charge in [-0.2, -0.15) is 0 Å². The van der Waals surface area contributed by atoms with Gasteiger partial charge in [0.05, 0.1) is 67.0 Å². The molecule has 21 nitrogen and oxygen atoms in total. The van der Waals surface area contributed by atoms with Crippen LogP contribution in [-0.4, -0.2) is 184 Å². The fraction of sp³-hybridized carbons (Fsp3) is 0.793. The van der Waals surface area contributed by atoms with Gasteiger partial charge < -0.3 is 86.5 Å². The summed E-state index contributed by atoms with van der Waals surface area (Å²) in [6, 6.07) is 0. The number of rotatable bonds is 12. The van der Waals surface area contributed by atoms with Crippen LogP contribution in [0.5, 0.6) is 0 Å². The average molecular weight is 1130 g/mol. The summed E-state index contributed by atoms with van der Waals surface area (Å²) in [4.78, 5) is 41.8. The largest absolute Gasteiger partial charge is 0.481 e. The fourth-order valence-electron chi connectivity index (χ4n) is 10.5. The maximum Gasteiger partial charge on any atom is 0.317 e. The molecule has 0 spiro atoms. The molecule has 2 bridgehead atoms. The quantitative estimate of drug-likeness (QED) is 0.0333. The van der Waals surface area contributed by atoms with Gasteiger partial charge in [0.1, 0.15) is 24.7 Å². The number of hydrogen-bond acceptors (Lipinski definition) is 18. The number of unbranched alkanes of at least 4 members (excludes halogenated alkanes) is 3. The van der Waals surface area contributed by atoms with Gasteiger partial charge in [-0.25, -0.2) is 0 Å². The van der Waals surface area contributed by atoms with Crippen molar-refractivity contribution in [1.29, 1.82) is 0 Å². The predicted molar refractivity (Wildman–Crippen MR) is 297 cm³/mol. The highest BCUT2D eigenvalue weighted by Gasteiger charge is 2.50. The maximum atomic E-state index is 13.9. The molecule has 0 aromatic heterocycles. The summed E-state index contributed by atoms with van der Waals surface area (Å²) < 4.78 is 17.5. The minimum absolute atomic E-state index is 0.0291. The molecule has 2 aliphatic rings. The van der Waals surface area contributed by atoms with Crippen LogP contribution in [0.3, 0.4) is 0 Å². The number of hydrogen-bond donors (Lipinski definition) is 14. The van der Waals surface area contributed by atoms with E-state index in [1.807, 2.05) is 26.8 Å². The van der Waals surface area contributed by atoms with Crippen LogP contribution in [-0.2, 0) is 28.6 Å². The molecular formula is C58H101N3O18. The normalized spacial score (nSPS) is 39.4. The van der Waals surface area contributed by atoms with E-state index in [0.717, 1.165) is 37.8 Å². The predicted octanol–water partition coefficient (Wildman–Crippen LogP) is 3.06. The van der Waals surface area contributed by atoms with Crippen LogP contribution < -0.4 is 11.1 Å². The van der Waals surface area contributed by atoms with Crippen molar-refractivity contribution in [1.82, 2.24) is 5.32 Å². The zero-order chi connectivity index (χ0) is 59.9. The third kappa shape index (κ3) is 24.7. The molecule has 1 fully saturated rings. The molecule has 1 saturated heterocycles. The van der Waals surface area contributed by atoms with Crippen molar-refractivity contribution in [2.45, 2.75) is 237 Å². The average Bonchev–Trinajstić information content (AvgIpc) is 3.38. The maximum absolute atomic E-state index is 13.9. The number of guanidine groups is 1. The van der Waals surface area contributed by atoms with Crippen molar-refractivity contribution in [2.75, 3.05) is 13.6 Å². The molecule has 2 rings (SSSR count). The van der Waals surface area contributed by atoms with E-state index in [9.17, 15) is 75.7 Å². The Morgan fingerprint density at radius 3 is 2.15 bits per heavy atom. The molecule has 2 aliphatic heterocycles. The van der Waals surface area contributed by atoms with Crippen molar-refractivity contribution in [3.63, 3.8) is 0 Å². The summed E-state index contributed by atoms with van der Waals surface area (Å²) in [6.07, 6.45) is -4.71. The zero-order valence-corrected chi connectivity index (χ0v) is 48.5. The SMILES string of the molecule is CN=C(N)NCCCCC/C=C(\C)CC(C)C1OC(=O)C(C)C(O)/C=C/C(C)C(O)C(C)C(O)C(C)C(O)CCCC(O)CC2(O)OC(CC(OC(=O)CC(=O)O)CC(O)CC(O)C(C)C(O)/C(C)=C/C=C/C1C)CC(O)C2O. The van der Waals surface area contributed by atoms with Gasteiger partial charge >= 0.3 is 17.9 Å². The second-order valence-electron chi connectivity index (χ2n) is 23.0. The van der Waals surface area contributed by atoms with Crippen LogP contribution in [0.2, 0.25) is 0 Å². The highest BCUT2D eigenvalue weighted by atomic mass is 16.7. The van der Waals surface area contributed by atoms with E-state index in [4.69, 9.17) is 19.9 Å². The molecule has 2 heterocycles. The van der Waals surface area contributed by atoms with Gasteiger partial charge in [0.25, 0.3) is 0 Å². The van der Waals surface area contributed by atoms with Gasteiger partial charge in [-0.1, -0.05) is 90.0 Å². The number of aliphatic carboxylic acids is 1. The van der Waals surface area contributed by atoms with Crippen molar-refractivity contribution in [3.05, 3.63) is 47.6 Å². The van der Waals surface area contributed by atoms with Gasteiger partial charge in [-0.3, -0.25) is 19.4 Å². The number of allylic oxidation sites excluding steroid dienone is 4. The number of aliphatic hydroxyl groups is 11. The van der Waals surface area contributed by atoms with Crippen molar-refractivity contribution in [3.8, 4) is 0 Å². The Labute approximate surface area is 468 Å². The summed E-state index contributed by atoms with van der Waals surface area (Å²) in [5.74, 6) is -10.0. The second-order valence-corrected chi connectivity index (χ2v) is 23.0. The van der Waals surface area contributed by atoms with Crippen LogP contribution >= 0.6 is 0 Å². The number of aliphatic hydroxyl groups excluding tert-OH is 10. The number of nitrogens with one attached hydrogen (secondary N) is 1. The Morgan fingerprint density at radius 2 is 1.51 bits per heavy atom. The summed E-state index contributed by atoms with van der Waals surface area (Å²) >= 11 is 0. The standard InChI is InChI=1S/C58H101N3O18/c1-32(17-13-11-12-14-24-61-57(59)60-10)25-36(5)54-35(4)19-15-18-33(2)51(71)38(7)47(66)27-42(63)26-43(77-50(70)30-49(68)69)28-44-29-48(67)55(74)58(76,79-44)31-41(62)20-16-21-45(64)37(6)53(73)40(9)52(72)34(3)22-23-46(65)39(8)56(75)78-54/h15,17-19,22-23,34-48,51-55,62-67,71-74,76H,11-14,16,20-21,24-31H2,1-10H3,(H,68,69)(H3,59,60,61)/b19-15+,23-22+,32-17+,33-18+. The minimum atomic E-state index is -2.53. The van der Waals surface area contributed by atoms with E-state index >= 15 is 0 Å². The number of carbonyl (C=O) groups excluding carboxylic acids is 2. The van der Waals surface area contributed by atoms with E-state index < -0.39 is 145 Å². The van der Waals surface area contributed by atoms with Gasteiger partial charge in [0.15, 0.2) is 11.7 Å². The molecule has 79 heavy (non-hydrogen) atoms. The van der Waals surface area contributed by atoms with Crippen LogP contribution in [0.4, 0.5) is 0 Å². The summed E-state index contributed by atoms with van der Waals surface area (Å²) in [7, 11) is 1.62. The Balaban J connectivity index is 2.52. The Bertz CT molecular complexity index is 1990. The molecule has 456 valence electrons. The van der Waals surface area contributed by atoms with Crippen LogP contribution in [0.25, 0.3) is 0 Å². The van der Waals surface area contributed by atoms with Crippen molar-refractivity contribution < 1.29 is 89.9 Å². The van der Waals surface area contributed by atoms with Crippen LogP contribution in [0.1, 0.15) is 152 Å². The van der Waals surface area contributed by atoms with E-state index in [2.05, 4.69) is 16.4 Å². The van der Waals surface area contributed by atoms with Crippen molar-refractivity contribution >= 4 is 23.9 Å². The number of carbonyl (C=O) groups is 3. The third-order valence-electron chi connectivity index (χ3n) is 15.9. The first kappa shape index (κ1) is 71.3. The number of nitrogens with zero attached hydrogens (tertiary/aromatic N) is 1. The number of carboxylic acids is 1. The highest BCUT2D eigenvalue weighted by Crippen LogP contribution is 2.36. The molecular weight excluding hydrogens is 1030 g/mol. The Kier molecular flexibility index (Phi) is 31.8. The van der Waals surface area contributed by atoms with Gasteiger partial charge in [0, 0.05) is 68.9 Å². The molecule has 0 aromatic rings. The molecule has 15 N–H and O–H groups in total. The van der Waals surface area contributed by atoms with Gasteiger partial charge in [-0.15, -0.1) is 0 Å². The van der Waals surface area contributed by atoms with E-state index in [-0.39, 0.29) is 56.8 Å². The lowest BCUT2D eigenvalue weighted by Gasteiger charge is -2.45. The first-order chi connectivity index (χ1) is 36.9. The van der Waals surface area contributed by atoms with Crippen LogP contribution in [0, 0.1) is 41.4 Å². The monoisotopic (exact) mass is 1130 g/mol. The van der Waals surface area contributed by atoms with E-state index in [1.54, 1.807) is 66.8 Å². The fourth-order valence-corrected chi connectivity index (χ4v) is 10.5. The number of fused-ring (bicyclic) bond motifs is 2. The molecule has 0 radical (unpaired) electrons.